The van der Waals surface area contributed by atoms with Crippen LogP contribution in [-0.2, 0) is 6.54 Å². The topological polar surface area (TPSA) is 46.9 Å². The maximum atomic E-state index is 12.1. The second-order valence-electron chi connectivity index (χ2n) is 4.96. The van der Waals surface area contributed by atoms with Gasteiger partial charge in [-0.1, -0.05) is 0 Å². The lowest BCUT2D eigenvalue weighted by Gasteiger charge is -2.13. The van der Waals surface area contributed by atoms with Crippen molar-refractivity contribution in [3.05, 3.63) is 28.1 Å². The quantitative estimate of drug-likeness (QED) is 0.895. The molecule has 1 N–H and O–H groups in total. The molecule has 18 heavy (non-hydrogen) atoms. The van der Waals surface area contributed by atoms with Crippen molar-refractivity contribution in [2.45, 2.75) is 32.4 Å². The third-order valence-electron chi connectivity index (χ3n) is 3.58. The second kappa shape index (κ2) is 4.82. The van der Waals surface area contributed by atoms with E-state index in [0.29, 0.717) is 12.6 Å². The maximum Gasteiger partial charge on any atom is 0.271 e. The van der Waals surface area contributed by atoms with E-state index in [9.17, 15) is 4.79 Å². The molecular weight excluding hydrogens is 246 g/mol. The highest BCUT2D eigenvalue weighted by molar-refractivity contribution is 7.17. The first-order valence-electron chi connectivity index (χ1n) is 6.42. The lowest BCUT2D eigenvalue weighted by Crippen LogP contribution is -2.33. The highest BCUT2D eigenvalue weighted by atomic mass is 32.1. The van der Waals surface area contributed by atoms with Crippen LogP contribution < -0.4 is 10.9 Å². The van der Waals surface area contributed by atoms with Gasteiger partial charge in [0, 0.05) is 19.1 Å². The van der Waals surface area contributed by atoms with E-state index in [0.717, 1.165) is 22.7 Å². The van der Waals surface area contributed by atoms with Crippen LogP contribution in [0.1, 0.15) is 19.8 Å². The van der Waals surface area contributed by atoms with E-state index in [1.54, 1.807) is 10.9 Å². The third-order valence-corrected chi connectivity index (χ3v) is 4.48. The fourth-order valence-corrected chi connectivity index (χ4v) is 3.01. The van der Waals surface area contributed by atoms with Crippen LogP contribution in [0, 0.1) is 5.92 Å². The van der Waals surface area contributed by atoms with Crippen LogP contribution >= 0.6 is 11.3 Å². The van der Waals surface area contributed by atoms with Crippen molar-refractivity contribution < 1.29 is 0 Å². The average molecular weight is 263 g/mol. The van der Waals surface area contributed by atoms with Gasteiger partial charge in [0.25, 0.3) is 5.56 Å². The van der Waals surface area contributed by atoms with Gasteiger partial charge in [-0.2, -0.15) is 0 Å². The van der Waals surface area contributed by atoms with Crippen molar-refractivity contribution in [2.75, 3.05) is 6.54 Å². The highest BCUT2D eigenvalue weighted by Crippen LogP contribution is 2.32. The van der Waals surface area contributed by atoms with E-state index in [1.807, 2.05) is 11.4 Å². The molecule has 1 fully saturated rings. The van der Waals surface area contributed by atoms with Crippen molar-refractivity contribution >= 4 is 21.6 Å². The number of fused-ring (bicyclic) bond motifs is 1. The van der Waals surface area contributed by atoms with Crippen molar-refractivity contribution in [3.63, 3.8) is 0 Å². The maximum absolute atomic E-state index is 12.1. The molecule has 1 aliphatic rings. The Labute approximate surface area is 110 Å². The number of thiophene rings is 1. The molecule has 2 aromatic rings. The minimum Gasteiger partial charge on any atom is -0.312 e. The van der Waals surface area contributed by atoms with E-state index in [1.165, 1.54) is 24.2 Å². The first kappa shape index (κ1) is 11.9. The van der Waals surface area contributed by atoms with Crippen LogP contribution in [0.4, 0.5) is 0 Å². The Balaban J connectivity index is 1.66. The standard InChI is InChI=1S/C13H17N3OS/c1-9(10-2-3-10)14-5-6-16-8-15-11-4-7-18-12(11)13(16)17/h4,7-10,14H,2-3,5-6H2,1H3. The molecule has 2 aromatic heterocycles. The Morgan fingerprint density at radius 1 is 1.61 bits per heavy atom. The van der Waals surface area contributed by atoms with Crippen molar-refractivity contribution in [1.29, 1.82) is 0 Å². The summed E-state index contributed by atoms with van der Waals surface area (Å²) in [6.45, 7) is 3.74. The van der Waals surface area contributed by atoms with E-state index < -0.39 is 0 Å². The molecule has 0 bridgehead atoms. The van der Waals surface area contributed by atoms with E-state index >= 15 is 0 Å². The fourth-order valence-electron chi connectivity index (χ4n) is 2.21. The molecule has 0 spiro atoms. The van der Waals surface area contributed by atoms with Crippen molar-refractivity contribution in [2.24, 2.45) is 5.92 Å². The Morgan fingerprint density at radius 2 is 2.44 bits per heavy atom. The molecule has 5 heteroatoms. The number of nitrogens with zero attached hydrogens (tertiary/aromatic N) is 2. The van der Waals surface area contributed by atoms with Crippen LogP contribution in [0.15, 0.2) is 22.6 Å². The fraction of sp³-hybridized carbons (Fsp3) is 0.538. The van der Waals surface area contributed by atoms with Gasteiger partial charge in [0.2, 0.25) is 0 Å². The third kappa shape index (κ3) is 2.33. The Bertz CT molecular complexity index is 600. The van der Waals surface area contributed by atoms with Crippen LogP contribution in [0.25, 0.3) is 10.2 Å². The van der Waals surface area contributed by atoms with Crippen LogP contribution in [0.5, 0.6) is 0 Å². The van der Waals surface area contributed by atoms with Gasteiger partial charge in [0.05, 0.1) is 11.8 Å². The van der Waals surface area contributed by atoms with Gasteiger partial charge >= 0.3 is 0 Å². The number of hydrogen-bond donors (Lipinski definition) is 1. The van der Waals surface area contributed by atoms with E-state index in [4.69, 9.17) is 0 Å². The summed E-state index contributed by atoms with van der Waals surface area (Å²) < 4.78 is 2.46. The number of aromatic nitrogens is 2. The minimum atomic E-state index is 0.0795. The Morgan fingerprint density at radius 3 is 3.22 bits per heavy atom. The molecular formula is C13H17N3OS. The van der Waals surface area contributed by atoms with Crippen LogP contribution in [0.2, 0.25) is 0 Å². The summed E-state index contributed by atoms with van der Waals surface area (Å²) in [4.78, 5) is 16.4. The predicted octanol–water partition coefficient (Wildman–Crippen LogP) is 1.85. The van der Waals surface area contributed by atoms with Gasteiger partial charge in [-0.05, 0) is 37.1 Å². The molecule has 96 valence electrons. The first-order chi connectivity index (χ1) is 8.75. The largest absolute Gasteiger partial charge is 0.312 e. The summed E-state index contributed by atoms with van der Waals surface area (Å²) in [7, 11) is 0. The smallest absolute Gasteiger partial charge is 0.271 e. The normalized spacial score (nSPS) is 17.2. The zero-order valence-electron chi connectivity index (χ0n) is 10.4. The zero-order valence-corrected chi connectivity index (χ0v) is 11.2. The molecule has 3 rings (SSSR count). The van der Waals surface area contributed by atoms with Gasteiger partial charge in [-0.25, -0.2) is 4.98 Å². The molecule has 0 aromatic carbocycles. The molecule has 2 heterocycles. The molecule has 0 radical (unpaired) electrons. The van der Waals surface area contributed by atoms with E-state index in [-0.39, 0.29) is 5.56 Å². The highest BCUT2D eigenvalue weighted by Gasteiger charge is 2.27. The molecule has 0 aliphatic heterocycles. The van der Waals surface area contributed by atoms with Gasteiger partial charge in [0.15, 0.2) is 0 Å². The van der Waals surface area contributed by atoms with Crippen molar-refractivity contribution in [3.8, 4) is 0 Å². The summed E-state index contributed by atoms with van der Waals surface area (Å²) in [5, 5.41) is 5.39. The van der Waals surface area contributed by atoms with Crippen molar-refractivity contribution in [1.82, 2.24) is 14.9 Å². The molecule has 1 unspecified atom stereocenters. The number of nitrogens with one attached hydrogen (secondary N) is 1. The molecule has 0 amide bonds. The van der Waals surface area contributed by atoms with Gasteiger partial charge in [0.1, 0.15) is 4.70 Å². The van der Waals surface area contributed by atoms with Gasteiger partial charge in [-0.15, -0.1) is 11.3 Å². The SMILES string of the molecule is CC(NCCn1cnc2ccsc2c1=O)C1CC1. The lowest BCUT2D eigenvalue weighted by molar-refractivity contribution is 0.471. The summed E-state index contributed by atoms with van der Waals surface area (Å²) in [6.07, 6.45) is 4.34. The molecule has 1 aliphatic carbocycles. The summed E-state index contributed by atoms with van der Waals surface area (Å²) in [6, 6.07) is 2.46. The van der Waals surface area contributed by atoms with Crippen LogP contribution in [0.3, 0.4) is 0 Å². The Kier molecular flexibility index (Phi) is 3.18. The van der Waals surface area contributed by atoms with Gasteiger partial charge < -0.3 is 5.32 Å². The number of rotatable bonds is 5. The molecule has 1 atom stereocenters. The molecule has 1 saturated carbocycles. The first-order valence-corrected chi connectivity index (χ1v) is 7.29. The number of hydrogen-bond acceptors (Lipinski definition) is 4. The minimum absolute atomic E-state index is 0.0795. The average Bonchev–Trinajstić information content (AvgIpc) is 3.10. The lowest BCUT2D eigenvalue weighted by atomic mass is 10.2. The zero-order chi connectivity index (χ0) is 12.5. The summed E-state index contributed by atoms with van der Waals surface area (Å²) in [5.41, 5.74) is 0.886. The second-order valence-corrected chi connectivity index (χ2v) is 5.87. The predicted molar refractivity (Wildman–Crippen MR) is 74.1 cm³/mol. The van der Waals surface area contributed by atoms with Gasteiger partial charge in [-0.3, -0.25) is 9.36 Å². The molecule has 4 nitrogen and oxygen atoms in total. The summed E-state index contributed by atoms with van der Waals surface area (Å²) in [5.74, 6) is 0.847. The molecule has 0 saturated heterocycles. The van der Waals surface area contributed by atoms with Crippen LogP contribution in [-0.4, -0.2) is 22.1 Å². The summed E-state index contributed by atoms with van der Waals surface area (Å²) >= 11 is 1.47. The van der Waals surface area contributed by atoms with E-state index in [2.05, 4.69) is 17.2 Å². The monoisotopic (exact) mass is 263 g/mol. The Hall–Kier alpha value is -1.20.